The van der Waals surface area contributed by atoms with Crippen LogP contribution in [0.15, 0.2) is 66.8 Å². The van der Waals surface area contributed by atoms with Crippen molar-refractivity contribution in [1.29, 1.82) is 0 Å². The quantitative estimate of drug-likeness (QED) is 0.119. The summed E-state index contributed by atoms with van der Waals surface area (Å²) in [6.45, 7) is 2.40. The number of hydrogen-bond acceptors (Lipinski definition) is 4. The molecule has 4 unspecified atom stereocenters. The molecule has 0 radical (unpaired) electrons. The van der Waals surface area contributed by atoms with E-state index in [4.69, 9.17) is 4.74 Å². The predicted octanol–water partition coefficient (Wildman–Crippen LogP) is 7.72. The molecule has 5 nitrogen and oxygen atoms in total. The Labute approximate surface area is 249 Å². The van der Waals surface area contributed by atoms with Crippen molar-refractivity contribution in [2.45, 2.75) is 70.6 Å². The summed E-state index contributed by atoms with van der Waals surface area (Å²) in [7, 11) is 0. The van der Waals surface area contributed by atoms with Crippen molar-refractivity contribution in [2.75, 3.05) is 4.90 Å². The second-order valence-corrected chi connectivity index (χ2v) is 13.6. The van der Waals surface area contributed by atoms with Crippen molar-refractivity contribution < 1.29 is 19.1 Å². The van der Waals surface area contributed by atoms with Crippen LogP contribution in [0, 0.1) is 41.4 Å². The Morgan fingerprint density at radius 3 is 1.93 bits per heavy atom. The summed E-state index contributed by atoms with van der Waals surface area (Å²) in [4.78, 5) is 39.9. The number of allylic oxidation sites excluding steroid dienone is 2. The number of amides is 2. The minimum absolute atomic E-state index is 0.109. The second-order valence-electron chi connectivity index (χ2n) is 13.6. The number of carbonyl (C=O) groups excluding carboxylic acids is 3. The topological polar surface area (TPSA) is 63.7 Å². The van der Waals surface area contributed by atoms with Crippen LogP contribution in [0.2, 0.25) is 0 Å². The molecule has 2 aromatic carbocycles. The molecule has 5 heteroatoms. The highest BCUT2D eigenvalue weighted by Gasteiger charge is 2.59. The average Bonchev–Trinajstić information content (AvgIpc) is 3.71. The first-order valence-electron chi connectivity index (χ1n) is 16.1. The summed E-state index contributed by atoms with van der Waals surface area (Å²) in [5.41, 5.74) is 2.91. The molecule has 1 saturated heterocycles. The van der Waals surface area contributed by atoms with Crippen molar-refractivity contribution in [2.24, 2.45) is 41.4 Å². The van der Waals surface area contributed by atoms with Crippen LogP contribution >= 0.6 is 0 Å². The smallest absolute Gasteiger partial charge is 0.336 e. The Morgan fingerprint density at radius 1 is 0.762 bits per heavy atom. The van der Waals surface area contributed by atoms with Crippen molar-refractivity contribution in [3.8, 4) is 5.75 Å². The zero-order valence-electron chi connectivity index (χ0n) is 24.5. The fraction of sp³-hybridized carbons (Fsp3) is 0.486. The van der Waals surface area contributed by atoms with Crippen LogP contribution in [0.3, 0.4) is 0 Å². The van der Waals surface area contributed by atoms with Crippen molar-refractivity contribution in [3.63, 3.8) is 0 Å². The maximum Gasteiger partial charge on any atom is 0.336 e. The molecule has 2 bridgehead atoms. The lowest BCUT2D eigenvalue weighted by Gasteiger charge is -2.37. The lowest BCUT2D eigenvalue weighted by molar-refractivity contribution is -0.129. The molecule has 7 rings (SSSR count). The number of anilines is 1. The lowest BCUT2D eigenvalue weighted by Crippen LogP contribution is -2.32. The van der Waals surface area contributed by atoms with Gasteiger partial charge >= 0.3 is 5.97 Å². The highest BCUT2D eigenvalue weighted by molar-refractivity contribution is 6.22. The minimum atomic E-state index is -0.465. The van der Waals surface area contributed by atoms with Crippen molar-refractivity contribution in [3.05, 3.63) is 77.9 Å². The Balaban J connectivity index is 0.902. The Morgan fingerprint density at radius 2 is 1.33 bits per heavy atom. The number of benzene rings is 2. The number of nitrogens with zero attached hydrogens (tertiary/aromatic N) is 1. The number of rotatable bonds is 6. The van der Waals surface area contributed by atoms with E-state index in [1.54, 1.807) is 30.3 Å². The number of ether oxygens (including phenoxy) is 1. The van der Waals surface area contributed by atoms with Crippen molar-refractivity contribution >= 4 is 29.5 Å². The van der Waals surface area contributed by atoms with Crippen molar-refractivity contribution in [1.82, 2.24) is 0 Å². The minimum Gasteiger partial charge on any atom is -0.423 e. The van der Waals surface area contributed by atoms with Gasteiger partial charge < -0.3 is 4.74 Å². The molecule has 0 aromatic heterocycles. The van der Waals surface area contributed by atoms with Gasteiger partial charge in [0, 0.05) is 6.08 Å². The van der Waals surface area contributed by atoms with Crippen LogP contribution in [0.5, 0.6) is 5.75 Å². The third kappa shape index (κ3) is 5.16. The molecular weight excluding hydrogens is 522 g/mol. The fourth-order valence-corrected chi connectivity index (χ4v) is 8.69. The van der Waals surface area contributed by atoms with E-state index in [0.717, 1.165) is 29.7 Å². The number of fused-ring (bicyclic) bond motifs is 5. The molecule has 4 aliphatic carbocycles. The van der Waals surface area contributed by atoms with E-state index in [2.05, 4.69) is 43.3 Å². The molecule has 2 amide bonds. The normalized spacial score (nSPS) is 33.9. The van der Waals surface area contributed by atoms with Gasteiger partial charge in [-0.25, -0.2) is 4.79 Å². The number of carbonyl (C=O) groups is 3. The predicted molar refractivity (Wildman–Crippen MR) is 164 cm³/mol. The van der Waals surface area contributed by atoms with Gasteiger partial charge in [0.15, 0.2) is 0 Å². The second kappa shape index (κ2) is 11.3. The number of imide groups is 1. The molecule has 0 N–H and O–H groups in total. The molecule has 0 spiro atoms. The first-order valence-corrected chi connectivity index (χ1v) is 16.1. The SMILES string of the molecule is CC1CCC(C2CCC(c3ccc(/C=C/C(=O)Oc4ccc(N5C(=O)C6C7C=CC(C7)C6C5=O)cc4)cc3)CC2)CC1. The maximum absolute atomic E-state index is 13.0. The summed E-state index contributed by atoms with van der Waals surface area (Å²) in [5.74, 6) is 3.05. The van der Waals surface area contributed by atoms with Gasteiger partial charge in [0.25, 0.3) is 0 Å². The first kappa shape index (κ1) is 27.4. The van der Waals surface area contributed by atoms with Crippen LogP contribution in [0.1, 0.15) is 81.8 Å². The standard InChI is InChI=1S/C37H41NO4/c1-23-2-7-25(8-3-23)27-11-13-28(14-12-27)26-9-4-24(5-10-26)6-21-33(39)42-32-19-17-31(18-20-32)38-36(40)34-29-15-16-30(22-29)35(34)37(38)41/h4-6,9-10,15-21,23,25,27-30,34-35H,2-3,7-8,11-14,22H2,1H3/b21-6+. The molecule has 218 valence electrons. The van der Waals surface area contributed by atoms with Crippen LogP contribution in [-0.2, 0) is 14.4 Å². The largest absolute Gasteiger partial charge is 0.423 e. The van der Waals surface area contributed by atoms with Crippen LogP contribution in [-0.4, -0.2) is 17.8 Å². The van der Waals surface area contributed by atoms with E-state index in [0.29, 0.717) is 17.4 Å². The van der Waals surface area contributed by atoms with Gasteiger partial charge in [0.2, 0.25) is 11.8 Å². The van der Waals surface area contributed by atoms with Gasteiger partial charge in [-0.15, -0.1) is 0 Å². The van der Waals surface area contributed by atoms with E-state index >= 15 is 0 Å². The molecule has 1 aliphatic heterocycles. The third-order valence-corrected chi connectivity index (χ3v) is 11.1. The molecule has 42 heavy (non-hydrogen) atoms. The summed E-state index contributed by atoms with van der Waals surface area (Å²) < 4.78 is 5.49. The lowest BCUT2D eigenvalue weighted by atomic mass is 9.68. The molecule has 5 aliphatic rings. The molecular formula is C37H41NO4. The molecule has 2 aromatic rings. The zero-order chi connectivity index (χ0) is 28.8. The van der Waals surface area contributed by atoms with Gasteiger partial charge in [-0.1, -0.05) is 56.2 Å². The van der Waals surface area contributed by atoms with E-state index in [1.165, 1.54) is 67.9 Å². The first-order chi connectivity index (χ1) is 20.4. The molecule has 4 atom stereocenters. The monoisotopic (exact) mass is 563 g/mol. The van der Waals surface area contributed by atoms with Gasteiger partial charge in [-0.2, -0.15) is 0 Å². The number of hydrogen-bond donors (Lipinski definition) is 0. The highest BCUT2D eigenvalue weighted by Crippen LogP contribution is 2.53. The van der Waals surface area contributed by atoms with Gasteiger partial charge in [0.05, 0.1) is 17.5 Å². The maximum atomic E-state index is 13.0. The van der Waals surface area contributed by atoms with E-state index in [1.807, 2.05) is 0 Å². The van der Waals surface area contributed by atoms with Gasteiger partial charge in [-0.3, -0.25) is 14.5 Å². The molecule has 3 saturated carbocycles. The Bertz CT molecular complexity index is 1360. The van der Waals surface area contributed by atoms with E-state index in [9.17, 15) is 14.4 Å². The van der Waals surface area contributed by atoms with Crippen LogP contribution < -0.4 is 9.64 Å². The van der Waals surface area contributed by atoms with Gasteiger partial charge in [0.1, 0.15) is 5.75 Å². The van der Waals surface area contributed by atoms with Gasteiger partial charge in [-0.05, 0) is 122 Å². The van der Waals surface area contributed by atoms with Crippen LogP contribution in [0.25, 0.3) is 6.08 Å². The molecule has 1 heterocycles. The summed E-state index contributed by atoms with van der Waals surface area (Å²) >= 11 is 0. The highest BCUT2D eigenvalue weighted by atomic mass is 16.5. The summed E-state index contributed by atoms with van der Waals surface area (Å²) in [6, 6.07) is 15.2. The van der Waals surface area contributed by atoms with E-state index < -0.39 is 5.97 Å². The summed E-state index contributed by atoms with van der Waals surface area (Å²) in [6.07, 6.45) is 19.3. The van der Waals surface area contributed by atoms with E-state index in [-0.39, 0.29) is 35.5 Å². The Hall–Kier alpha value is -3.47. The fourth-order valence-electron chi connectivity index (χ4n) is 8.69. The molecule has 4 fully saturated rings. The Kier molecular flexibility index (Phi) is 7.37. The van der Waals surface area contributed by atoms with Crippen LogP contribution in [0.4, 0.5) is 5.69 Å². The summed E-state index contributed by atoms with van der Waals surface area (Å²) in [5, 5.41) is 0. The zero-order valence-corrected chi connectivity index (χ0v) is 24.5. The average molecular weight is 564 g/mol. The third-order valence-electron chi connectivity index (χ3n) is 11.1. The number of esters is 1.